The van der Waals surface area contributed by atoms with Crippen molar-refractivity contribution < 1.29 is 9.53 Å². The Bertz CT molecular complexity index is 365. The molecule has 1 aromatic heterocycles. The van der Waals surface area contributed by atoms with Gasteiger partial charge in [0.1, 0.15) is 0 Å². The highest BCUT2D eigenvalue weighted by Gasteiger charge is 2.23. The van der Waals surface area contributed by atoms with E-state index in [9.17, 15) is 4.79 Å². The molecule has 1 fully saturated rings. The molecule has 0 aromatic carbocycles. The van der Waals surface area contributed by atoms with Crippen LogP contribution in [0, 0.1) is 0 Å². The number of carbonyl (C=O) groups is 1. The van der Waals surface area contributed by atoms with Crippen molar-refractivity contribution in [3.05, 3.63) is 17.5 Å². The van der Waals surface area contributed by atoms with E-state index in [1.165, 1.54) is 0 Å². The van der Waals surface area contributed by atoms with E-state index < -0.39 is 0 Å². The molecule has 82 valence electrons. The molecule has 0 unspecified atom stereocenters. The van der Waals surface area contributed by atoms with Gasteiger partial charge in [-0.25, -0.2) is 0 Å². The standard InChI is InChI=1S/C11H16N2O2/c1-8(14)10-7-13(2)12-11(10)9-3-5-15-6-4-9/h7,9H,3-6H2,1-2H3. The minimum absolute atomic E-state index is 0.101. The van der Waals surface area contributed by atoms with Crippen LogP contribution in [0.3, 0.4) is 0 Å². The average Bonchev–Trinajstić information content (AvgIpc) is 2.62. The molecule has 1 saturated heterocycles. The Kier molecular flexibility index (Phi) is 2.86. The predicted molar refractivity (Wildman–Crippen MR) is 56.0 cm³/mol. The quantitative estimate of drug-likeness (QED) is 0.692. The monoisotopic (exact) mass is 208 g/mol. The molecule has 4 nitrogen and oxygen atoms in total. The summed E-state index contributed by atoms with van der Waals surface area (Å²) in [5.41, 5.74) is 1.72. The van der Waals surface area contributed by atoms with Crippen molar-refractivity contribution in [1.82, 2.24) is 9.78 Å². The molecule has 1 aliphatic heterocycles. The highest BCUT2D eigenvalue weighted by Crippen LogP contribution is 2.28. The summed E-state index contributed by atoms with van der Waals surface area (Å²) in [6, 6.07) is 0. The van der Waals surface area contributed by atoms with E-state index in [4.69, 9.17) is 4.74 Å². The SMILES string of the molecule is CC(=O)c1cn(C)nc1C1CCOCC1. The molecular formula is C11H16N2O2. The second kappa shape index (κ2) is 4.14. The Morgan fingerprint density at radius 3 is 2.80 bits per heavy atom. The molecule has 15 heavy (non-hydrogen) atoms. The van der Waals surface area contributed by atoms with Crippen molar-refractivity contribution in [2.45, 2.75) is 25.7 Å². The van der Waals surface area contributed by atoms with Gasteiger partial charge in [-0.15, -0.1) is 0 Å². The van der Waals surface area contributed by atoms with E-state index in [2.05, 4.69) is 5.10 Å². The van der Waals surface area contributed by atoms with E-state index in [1.54, 1.807) is 11.6 Å². The topological polar surface area (TPSA) is 44.1 Å². The van der Waals surface area contributed by atoms with Gasteiger partial charge in [0, 0.05) is 32.4 Å². The molecule has 1 aromatic rings. The molecule has 1 aliphatic rings. The fraction of sp³-hybridized carbons (Fsp3) is 0.636. The van der Waals surface area contributed by atoms with Crippen molar-refractivity contribution in [2.75, 3.05) is 13.2 Å². The molecule has 0 aliphatic carbocycles. The highest BCUT2D eigenvalue weighted by atomic mass is 16.5. The predicted octanol–water partition coefficient (Wildman–Crippen LogP) is 1.52. The number of nitrogens with zero attached hydrogens (tertiary/aromatic N) is 2. The summed E-state index contributed by atoms with van der Waals surface area (Å²) in [4.78, 5) is 11.4. The number of carbonyl (C=O) groups excluding carboxylic acids is 1. The number of hydrogen-bond acceptors (Lipinski definition) is 3. The summed E-state index contributed by atoms with van der Waals surface area (Å²) in [6.07, 6.45) is 3.75. The smallest absolute Gasteiger partial charge is 0.163 e. The molecule has 0 bridgehead atoms. The van der Waals surface area contributed by atoms with Gasteiger partial charge in [-0.3, -0.25) is 9.48 Å². The number of aromatic nitrogens is 2. The Morgan fingerprint density at radius 1 is 1.53 bits per heavy atom. The van der Waals surface area contributed by atoms with Crippen molar-refractivity contribution in [3.8, 4) is 0 Å². The molecule has 0 amide bonds. The first-order valence-electron chi connectivity index (χ1n) is 5.30. The molecule has 0 N–H and O–H groups in total. The Balaban J connectivity index is 2.28. The molecular weight excluding hydrogens is 192 g/mol. The van der Waals surface area contributed by atoms with Gasteiger partial charge < -0.3 is 4.74 Å². The van der Waals surface area contributed by atoms with Crippen molar-refractivity contribution in [2.24, 2.45) is 7.05 Å². The third kappa shape index (κ3) is 2.09. The van der Waals surface area contributed by atoms with Crippen molar-refractivity contribution in [1.29, 1.82) is 0 Å². The number of rotatable bonds is 2. The van der Waals surface area contributed by atoms with Gasteiger partial charge >= 0.3 is 0 Å². The molecule has 0 atom stereocenters. The van der Waals surface area contributed by atoms with Gasteiger partial charge in [0.2, 0.25) is 0 Å². The van der Waals surface area contributed by atoms with Gasteiger partial charge in [0.15, 0.2) is 5.78 Å². The van der Waals surface area contributed by atoms with E-state index in [1.807, 2.05) is 13.2 Å². The lowest BCUT2D eigenvalue weighted by molar-refractivity contribution is 0.0837. The first-order chi connectivity index (χ1) is 7.18. The number of ketones is 1. The third-order valence-electron chi connectivity index (χ3n) is 2.84. The maximum absolute atomic E-state index is 11.4. The third-order valence-corrected chi connectivity index (χ3v) is 2.84. The zero-order valence-electron chi connectivity index (χ0n) is 9.19. The highest BCUT2D eigenvalue weighted by molar-refractivity contribution is 5.95. The number of ether oxygens (including phenoxy) is 1. The van der Waals surface area contributed by atoms with Crippen molar-refractivity contribution in [3.63, 3.8) is 0 Å². The van der Waals surface area contributed by atoms with Crippen molar-refractivity contribution >= 4 is 5.78 Å². The Hall–Kier alpha value is -1.16. The second-order valence-electron chi connectivity index (χ2n) is 4.04. The van der Waals surface area contributed by atoms with E-state index in [-0.39, 0.29) is 5.78 Å². The molecule has 2 heterocycles. The van der Waals surface area contributed by atoms with Gasteiger partial charge in [0.05, 0.1) is 11.3 Å². The second-order valence-corrected chi connectivity index (χ2v) is 4.04. The van der Waals surface area contributed by atoms with Crippen LogP contribution in [-0.4, -0.2) is 28.8 Å². The average molecular weight is 208 g/mol. The van der Waals surface area contributed by atoms with Crippen LogP contribution in [0.2, 0.25) is 0 Å². The first-order valence-corrected chi connectivity index (χ1v) is 5.30. The summed E-state index contributed by atoms with van der Waals surface area (Å²) in [5, 5.41) is 4.40. The van der Waals surface area contributed by atoms with Crippen LogP contribution >= 0.6 is 0 Å². The van der Waals surface area contributed by atoms with E-state index in [0.717, 1.165) is 37.3 Å². The summed E-state index contributed by atoms with van der Waals surface area (Å²) < 4.78 is 7.03. The van der Waals surface area contributed by atoms with Crippen LogP contribution in [-0.2, 0) is 11.8 Å². The van der Waals surface area contributed by atoms with E-state index >= 15 is 0 Å². The lowest BCUT2D eigenvalue weighted by Gasteiger charge is -2.20. The zero-order valence-corrected chi connectivity index (χ0v) is 9.19. The zero-order chi connectivity index (χ0) is 10.8. The maximum atomic E-state index is 11.4. The molecule has 4 heteroatoms. The fourth-order valence-corrected chi connectivity index (χ4v) is 2.05. The number of hydrogen-bond donors (Lipinski definition) is 0. The fourth-order valence-electron chi connectivity index (χ4n) is 2.05. The van der Waals surface area contributed by atoms with Crippen LogP contribution in [0.4, 0.5) is 0 Å². The van der Waals surface area contributed by atoms with E-state index in [0.29, 0.717) is 5.92 Å². The largest absolute Gasteiger partial charge is 0.381 e. The first kappa shape index (κ1) is 10.4. The summed E-state index contributed by atoms with van der Waals surface area (Å²) in [6.45, 7) is 3.15. The molecule has 2 rings (SSSR count). The lowest BCUT2D eigenvalue weighted by Crippen LogP contribution is -2.16. The minimum atomic E-state index is 0.101. The molecule has 0 spiro atoms. The van der Waals surface area contributed by atoms with Gasteiger partial charge in [-0.2, -0.15) is 5.10 Å². The minimum Gasteiger partial charge on any atom is -0.381 e. The van der Waals surface area contributed by atoms with Crippen LogP contribution in [0.5, 0.6) is 0 Å². The van der Waals surface area contributed by atoms with Crippen LogP contribution in [0.25, 0.3) is 0 Å². The van der Waals surface area contributed by atoms with Crippen LogP contribution in [0.15, 0.2) is 6.20 Å². The lowest BCUT2D eigenvalue weighted by atomic mass is 9.93. The van der Waals surface area contributed by atoms with Crippen LogP contribution < -0.4 is 0 Å². The summed E-state index contributed by atoms with van der Waals surface area (Å²) in [7, 11) is 1.86. The Labute approximate surface area is 89.2 Å². The summed E-state index contributed by atoms with van der Waals surface area (Å²) in [5.74, 6) is 0.489. The normalized spacial score (nSPS) is 18.0. The molecule has 0 radical (unpaired) electrons. The number of aryl methyl sites for hydroxylation is 1. The number of Topliss-reactive ketones (excluding diaryl/α,β-unsaturated/α-hetero) is 1. The molecule has 0 saturated carbocycles. The maximum Gasteiger partial charge on any atom is 0.163 e. The Morgan fingerprint density at radius 2 is 2.20 bits per heavy atom. The van der Waals surface area contributed by atoms with Gasteiger partial charge in [0.25, 0.3) is 0 Å². The summed E-state index contributed by atoms with van der Waals surface area (Å²) >= 11 is 0. The van der Waals surface area contributed by atoms with Gasteiger partial charge in [-0.05, 0) is 19.8 Å². The van der Waals surface area contributed by atoms with Crippen LogP contribution in [0.1, 0.15) is 41.7 Å². The van der Waals surface area contributed by atoms with Gasteiger partial charge in [-0.1, -0.05) is 0 Å².